The van der Waals surface area contributed by atoms with Crippen molar-refractivity contribution in [1.82, 2.24) is 10.2 Å². The number of nitrogens with zero attached hydrogens (tertiary/aromatic N) is 1. The van der Waals surface area contributed by atoms with E-state index in [1.54, 1.807) is 0 Å². The molecule has 3 nitrogen and oxygen atoms in total. The molecule has 0 aliphatic heterocycles. The van der Waals surface area contributed by atoms with E-state index in [9.17, 15) is 4.79 Å². The maximum absolute atomic E-state index is 12.8. The van der Waals surface area contributed by atoms with Crippen LogP contribution >= 0.6 is 24.0 Å². The summed E-state index contributed by atoms with van der Waals surface area (Å²) in [7, 11) is 4.06. The minimum atomic E-state index is -0.0710. The van der Waals surface area contributed by atoms with Crippen LogP contribution in [0.4, 0.5) is 0 Å². The fourth-order valence-electron chi connectivity index (χ4n) is 3.09. The Kier molecular flexibility index (Phi) is 8.71. The molecule has 0 aliphatic rings. The van der Waals surface area contributed by atoms with Crippen molar-refractivity contribution in [2.45, 2.75) is 12.5 Å². The first-order valence-corrected chi connectivity index (χ1v) is 9.77. The number of nitrogens with one attached hydrogen (secondary N) is 1. The van der Waals surface area contributed by atoms with Gasteiger partial charge in [-0.15, -0.1) is 12.4 Å². The van der Waals surface area contributed by atoms with Gasteiger partial charge >= 0.3 is 0 Å². The highest BCUT2D eigenvalue weighted by Gasteiger charge is 2.16. The molecule has 1 atom stereocenters. The van der Waals surface area contributed by atoms with Gasteiger partial charge in [0.05, 0.1) is 6.04 Å². The maximum Gasteiger partial charge on any atom is 0.251 e. The van der Waals surface area contributed by atoms with Crippen molar-refractivity contribution < 1.29 is 4.79 Å². The van der Waals surface area contributed by atoms with Gasteiger partial charge in [0.1, 0.15) is 0 Å². The molecule has 3 aromatic rings. The number of rotatable bonds is 7. The van der Waals surface area contributed by atoms with Crippen LogP contribution in [0, 0.1) is 0 Å². The zero-order valence-corrected chi connectivity index (χ0v) is 18.2. The minimum Gasteiger partial charge on any atom is -0.345 e. The summed E-state index contributed by atoms with van der Waals surface area (Å²) in [5, 5.41) is 3.87. The summed E-state index contributed by atoms with van der Waals surface area (Å²) in [6.07, 6.45) is 0.822. The van der Waals surface area contributed by atoms with Crippen LogP contribution in [0.5, 0.6) is 0 Å². The van der Waals surface area contributed by atoms with Gasteiger partial charge in [-0.3, -0.25) is 4.79 Å². The van der Waals surface area contributed by atoms with Gasteiger partial charge in [0, 0.05) is 10.6 Å². The van der Waals surface area contributed by atoms with Crippen LogP contribution in [0.15, 0.2) is 78.9 Å². The van der Waals surface area contributed by atoms with E-state index in [4.69, 9.17) is 11.6 Å². The third-order valence-electron chi connectivity index (χ3n) is 4.70. The lowest BCUT2D eigenvalue weighted by Crippen LogP contribution is -2.31. The Morgan fingerprint density at radius 2 is 1.48 bits per heavy atom. The Balaban J connectivity index is 0.00000300. The summed E-state index contributed by atoms with van der Waals surface area (Å²) in [6.45, 7) is 0.876. The minimum absolute atomic E-state index is 0. The van der Waals surface area contributed by atoms with Crippen molar-refractivity contribution in [3.63, 3.8) is 0 Å². The molecule has 5 heteroatoms. The number of carbonyl (C=O) groups excluding carboxylic acids is 1. The molecule has 0 fully saturated rings. The second-order valence-electron chi connectivity index (χ2n) is 7.11. The van der Waals surface area contributed by atoms with Gasteiger partial charge < -0.3 is 10.2 Å². The number of benzene rings is 3. The molecule has 1 unspecified atom stereocenters. The SMILES string of the molecule is CN(C)CCC(NC(=O)c1ccc(-c2ccccc2)cc1)c1ccc(Cl)cc1.Cl. The van der Waals surface area contributed by atoms with Crippen LogP contribution in [-0.4, -0.2) is 31.4 Å². The summed E-state index contributed by atoms with van der Waals surface area (Å²) in [5.41, 5.74) is 3.95. The molecule has 3 rings (SSSR count). The topological polar surface area (TPSA) is 32.3 Å². The Labute approximate surface area is 184 Å². The smallest absolute Gasteiger partial charge is 0.251 e. The van der Waals surface area contributed by atoms with E-state index in [1.807, 2.05) is 80.8 Å². The second-order valence-corrected chi connectivity index (χ2v) is 7.55. The molecule has 0 saturated heterocycles. The molecule has 1 amide bonds. The molecule has 0 spiro atoms. The molecular formula is C24H26Cl2N2O. The standard InChI is InChI=1S/C24H25ClN2O.ClH/c1-27(2)17-16-23(20-12-14-22(25)15-13-20)26-24(28)21-10-8-19(9-11-21)18-6-4-3-5-7-18;/h3-15,23H,16-17H2,1-2H3,(H,26,28);1H. The highest BCUT2D eigenvalue weighted by Crippen LogP contribution is 2.22. The highest BCUT2D eigenvalue weighted by molar-refractivity contribution is 6.30. The molecule has 0 heterocycles. The van der Waals surface area contributed by atoms with Crippen molar-refractivity contribution in [1.29, 1.82) is 0 Å². The molecule has 29 heavy (non-hydrogen) atoms. The summed E-state index contributed by atoms with van der Waals surface area (Å²) in [5.74, 6) is -0.0710. The van der Waals surface area contributed by atoms with E-state index in [2.05, 4.69) is 22.3 Å². The summed E-state index contributed by atoms with van der Waals surface area (Å²) < 4.78 is 0. The fourth-order valence-corrected chi connectivity index (χ4v) is 3.22. The zero-order valence-electron chi connectivity index (χ0n) is 16.6. The van der Waals surface area contributed by atoms with Crippen LogP contribution in [0.3, 0.4) is 0 Å². The third-order valence-corrected chi connectivity index (χ3v) is 4.95. The molecule has 0 aromatic heterocycles. The van der Waals surface area contributed by atoms with Crippen molar-refractivity contribution in [3.05, 3.63) is 95.0 Å². The lowest BCUT2D eigenvalue weighted by atomic mass is 10.0. The van der Waals surface area contributed by atoms with Gasteiger partial charge in [-0.05, 0) is 68.0 Å². The monoisotopic (exact) mass is 428 g/mol. The Morgan fingerprint density at radius 1 is 0.897 bits per heavy atom. The van der Waals surface area contributed by atoms with E-state index >= 15 is 0 Å². The Hall–Kier alpha value is -2.33. The van der Waals surface area contributed by atoms with Crippen molar-refractivity contribution in [2.24, 2.45) is 0 Å². The van der Waals surface area contributed by atoms with E-state index in [0.29, 0.717) is 10.6 Å². The van der Waals surface area contributed by atoms with Crippen molar-refractivity contribution in [3.8, 4) is 11.1 Å². The second kappa shape index (κ2) is 11.0. The van der Waals surface area contributed by atoms with Crippen LogP contribution in [0.2, 0.25) is 5.02 Å². The van der Waals surface area contributed by atoms with Crippen molar-refractivity contribution in [2.75, 3.05) is 20.6 Å². The molecular weight excluding hydrogens is 403 g/mol. The van der Waals surface area contributed by atoms with E-state index < -0.39 is 0 Å². The maximum atomic E-state index is 12.8. The molecule has 0 aliphatic carbocycles. The number of amides is 1. The van der Waals surface area contributed by atoms with Crippen LogP contribution in [-0.2, 0) is 0 Å². The van der Waals surface area contributed by atoms with Gasteiger partial charge in [-0.25, -0.2) is 0 Å². The molecule has 0 saturated carbocycles. The van der Waals surface area contributed by atoms with Gasteiger partial charge in [0.25, 0.3) is 5.91 Å². The van der Waals surface area contributed by atoms with Crippen LogP contribution in [0.25, 0.3) is 11.1 Å². The molecule has 0 radical (unpaired) electrons. The van der Waals surface area contributed by atoms with Crippen molar-refractivity contribution >= 4 is 29.9 Å². The zero-order chi connectivity index (χ0) is 19.9. The lowest BCUT2D eigenvalue weighted by molar-refractivity contribution is 0.0932. The number of hydrogen-bond acceptors (Lipinski definition) is 2. The largest absolute Gasteiger partial charge is 0.345 e. The number of carbonyl (C=O) groups is 1. The lowest BCUT2D eigenvalue weighted by Gasteiger charge is -2.21. The van der Waals surface area contributed by atoms with Gasteiger partial charge in [0.15, 0.2) is 0 Å². The predicted molar refractivity (Wildman–Crippen MR) is 124 cm³/mol. The molecule has 3 aromatic carbocycles. The quantitative estimate of drug-likeness (QED) is 0.511. The molecule has 0 bridgehead atoms. The third kappa shape index (κ3) is 6.60. The normalized spacial score (nSPS) is 11.6. The van der Waals surface area contributed by atoms with Crippen LogP contribution < -0.4 is 5.32 Å². The predicted octanol–water partition coefficient (Wildman–Crippen LogP) is 5.85. The fraction of sp³-hybridized carbons (Fsp3) is 0.208. The first-order chi connectivity index (χ1) is 13.5. The summed E-state index contributed by atoms with van der Waals surface area (Å²) in [6, 6.07) is 25.5. The molecule has 152 valence electrons. The summed E-state index contributed by atoms with van der Waals surface area (Å²) in [4.78, 5) is 15.0. The first kappa shape index (κ1) is 23.0. The summed E-state index contributed by atoms with van der Waals surface area (Å²) >= 11 is 6.02. The van der Waals surface area contributed by atoms with E-state index in [0.717, 1.165) is 29.7 Å². The van der Waals surface area contributed by atoms with E-state index in [1.165, 1.54) is 0 Å². The Bertz CT molecular complexity index is 894. The number of halogens is 2. The van der Waals surface area contributed by atoms with Gasteiger partial charge in [0.2, 0.25) is 0 Å². The Morgan fingerprint density at radius 3 is 2.07 bits per heavy atom. The average molecular weight is 429 g/mol. The average Bonchev–Trinajstić information content (AvgIpc) is 2.72. The number of hydrogen-bond donors (Lipinski definition) is 1. The van der Waals surface area contributed by atoms with Crippen LogP contribution in [0.1, 0.15) is 28.4 Å². The van der Waals surface area contributed by atoms with E-state index in [-0.39, 0.29) is 24.4 Å². The van der Waals surface area contributed by atoms with Gasteiger partial charge in [-0.1, -0.05) is 66.2 Å². The highest BCUT2D eigenvalue weighted by atomic mass is 35.5. The first-order valence-electron chi connectivity index (χ1n) is 9.39. The molecule has 1 N–H and O–H groups in total. The van der Waals surface area contributed by atoms with Gasteiger partial charge in [-0.2, -0.15) is 0 Å².